The largest absolute Gasteiger partial charge is 0.305 e. The van der Waals surface area contributed by atoms with Crippen molar-refractivity contribution in [3.05, 3.63) is 46.8 Å². The number of rotatable bonds is 4. The van der Waals surface area contributed by atoms with Crippen molar-refractivity contribution in [3.8, 4) is 5.69 Å². The normalized spacial score (nSPS) is 16.8. The fourth-order valence-corrected chi connectivity index (χ4v) is 3.47. The molecular weight excluding hydrogens is 316 g/mol. The van der Waals surface area contributed by atoms with Crippen molar-refractivity contribution in [2.45, 2.75) is 52.7 Å². The minimum atomic E-state index is 0.344. The van der Waals surface area contributed by atoms with E-state index in [1.165, 1.54) is 0 Å². The zero-order valence-electron chi connectivity index (χ0n) is 14.8. The molecule has 25 heavy (non-hydrogen) atoms. The third-order valence-corrected chi connectivity index (χ3v) is 4.70. The summed E-state index contributed by atoms with van der Waals surface area (Å²) in [6, 6.07) is 6.56. The highest BCUT2D eigenvalue weighted by Gasteiger charge is 2.21. The molecule has 0 aliphatic carbocycles. The first-order chi connectivity index (χ1) is 12.1. The summed E-state index contributed by atoms with van der Waals surface area (Å²) in [5.41, 5.74) is 3.38. The summed E-state index contributed by atoms with van der Waals surface area (Å²) in [5, 5.41) is 20.3. The molecule has 1 aliphatic heterocycles. The van der Waals surface area contributed by atoms with Gasteiger partial charge in [-0.05, 0) is 48.7 Å². The van der Waals surface area contributed by atoms with Crippen molar-refractivity contribution in [1.29, 1.82) is 0 Å². The van der Waals surface area contributed by atoms with Gasteiger partial charge in [0.2, 0.25) is 0 Å². The van der Waals surface area contributed by atoms with Crippen molar-refractivity contribution in [2.24, 2.45) is 0 Å². The molecule has 0 radical (unpaired) electrons. The van der Waals surface area contributed by atoms with E-state index >= 15 is 0 Å². The molecule has 130 valence electrons. The monoisotopic (exact) mass is 338 g/mol. The fourth-order valence-electron chi connectivity index (χ4n) is 3.47. The molecule has 3 heterocycles. The minimum Gasteiger partial charge on any atom is -0.305 e. The smallest absolute Gasteiger partial charge is 0.170 e. The predicted molar refractivity (Wildman–Crippen MR) is 92.3 cm³/mol. The first-order valence-electron chi connectivity index (χ1n) is 8.59. The van der Waals surface area contributed by atoms with Gasteiger partial charge in [0.1, 0.15) is 11.6 Å². The average Bonchev–Trinajstić information content (AvgIpc) is 3.17. The second kappa shape index (κ2) is 6.36. The summed E-state index contributed by atoms with van der Waals surface area (Å²) in [4.78, 5) is 4.46. The van der Waals surface area contributed by atoms with Crippen LogP contribution in [-0.4, -0.2) is 41.0 Å². The molecule has 1 unspecified atom stereocenters. The molecule has 8 heteroatoms. The van der Waals surface area contributed by atoms with E-state index < -0.39 is 0 Å². The summed E-state index contributed by atoms with van der Waals surface area (Å²) < 4.78 is 3.84. The third-order valence-electron chi connectivity index (χ3n) is 4.70. The summed E-state index contributed by atoms with van der Waals surface area (Å²) in [6.07, 6.45) is 1.99. The van der Waals surface area contributed by atoms with Gasteiger partial charge in [0.05, 0.1) is 18.8 Å². The van der Waals surface area contributed by atoms with Gasteiger partial charge in [-0.1, -0.05) is 18.2 Å². The van der Waals surface area contributed by atoms with E-state index in [4.69, 9.17) is 0 Å². The van der Waals surface area contributed by atoms with Crippen LogP contribution in [0.2, 0.25) is 0 Å². The van der Waals surface area contributed by atoms with Crippen LogP contribution in [0.4, 0.5) is 0 Å². The Labute approximate surface area is 146 Å². The molecule has 0 saturated heterocycles. The highest BCUT2D eigenvalue weighted by molar-refractivity contribution is 5.46. The predicted octanol–water partition coefficient (Wildman–Crippen LogP) is 1.28. The molecule has 0 bridgehead atoms. The molecular formula is C17H22N8. The van der Waals surface area contributed by atoms with E-state index in [9.17, 15) is 0 Å². The molecule has 1 atom stereocenters. The summed E-state index contributed by atoms with van der Waals surface area (Å²) >= 11 is 0. The van der Waals surface area contributed by atoms with Gasteiger partial charge in [0.15, 0.2) is 5.82 Å². The number of aromatic nitrogens is 7. The number of para-hydroxylation sites is 1. The van der Waals surface area contributed by atoms with E-state index in [0.717, 1.165) is 53.7 Å². The van der Waals surface area contributed by atoms with Crippen LogP contribution in [0, 0.1) is 20.8 Å². The Morgan fingerprint density at radius 3 is 2.80 bits per heavy atom. The number of hydrogen-bond donors (Lipinski definition) is 1. The van der Waals surface area contributed by atoms with E-state index in [-0.39, 0.29) is 0 Å². The van der Waals surface area contributed by atoms with Crippen LogP contribution in [-0.2, 0) is 19.5 Å². The number of nitrogens with one attached hydrogen (secondary N) is 1. The van der Waals surface area contributed by atoms with Crippen LogP contribution in [0.3, 0.4) is 0 Å². The lowest BCUT2D eigenvalue weighted by Crippen LogP contribution is -2.38. The maximum absolute atomic E-state index is 4.46. The first-order valence-corrected chi connectivity index (χ1v) is 8.59. The maximum atomic E-state index is 4.46. The van der Waals surface area contributed by atoms with Crippen molar-refractivity contribution < 1.29 is 0 Å². The molecule has 4 rings (SSSR count). The zero-order chi connectivity index (χ0) is 17.4. The van der Waals surface area contributed by atoms with Crippen molar-refractivity contribution >= 4 is 0 Å². The van der Waals surface area contributed by atoms with Gasteiger partial charge in [-0.25, -0.2) is 9.67 Å². The summed E-state index contributed by atoms with van der Waals surface area (Å²) in [5.74, 6) is 2.74. The lowest BCUT2D eigenvalue weighted by atomic mass is 10.1. The van der Waals surface area contributed by atoms with Crippen molar-refractivity contribution in [3.63, 3.8) is 0 Å². The van der Waals surface area contributed by atoms with Gasteiger partial charge >= 0.3 is 0 Å². The molecule has 0 saturated carbocycles. The Kier molecular flexibility index (Phi) is 4.04. The molecule has 0 spiro atoms. The zero-order valence-corrected chi connectivity index (χ0v) is 14.8. The lowest BCUT2D eigenvalue weighted by Gasteiger charge is -2.23. The van der Waals surface area contributed by atoms with Crippen molar-refractivity contribution in [1.82, 2.24) is 40.3 Å². The Hall–Kier alpha value is -2.61. The standard InChI is InChI=1S/C17H22N8/c1-11-5-4-6-12(2)17(11)25-16(20-22-23-25)9-18-14-7-8-15-19-13(3)21-24(15)10-14/h4-6,14,18H,7-10H2,1-3H3. The van der Waals surface area contributed by atoms with E-state index in [1.54, 1.807) is 0 Å². The molecule has 2 aromatic heterocycles. The van der Waals surface area contributed by atoms with Crippen LogP contribution in [0.1, 0.15) is 35.0 Å². The molecule has 0 fully saturated rings. The Bertz CT molecular complexity index is 874. The highest BCUT2D eigenvalue weighted by Crippen LogP contribution is 2.19. The van der Waals surface area contributed by atoms with Crippen LogP contribution < -0.4 is 5.32 Å². The van der Waals surface area contributed by atoms with Gasteiger partial charge in [0, 0.05) is 12.5 Å². The Balaban J connectivity index is 1.49. The SMILES string of the molecule is Cc1nc2n(n1)CC(NCc1nnnn1-c1c(C)cccc1C)CC2. The van der Waals surface area contributed by atoms with Crippen molar-refractivity contribution in [2.75, 3.05) is 0 Å². The average molecular weight is 338 g/mol. The van der Waals surface area contributed by atoms with Crippen LogP contribution >= 0.6 is 0 Å². The second-order valence-electron chi connectivity index (χ2n) is 6.62. The lowest BCUT2D eigenvalue weighted by molar-refractivity contribution is 0.354. The molecule has 8 nitrogen and oxygen atoms in total. The second-order valence-corrected chi connectivity index (χ2v) is 6.62. The molecule has 3 aromatic rings. The van der Waals surface area contributed by atoms with Crippen LogP contribution in [0.15, 0.2) is 18.2 Å². The molecule has 1 aliphatic rings. The van der Waals surface area contributed by atoms with Crippen LogP contribution in [0.25, 0.3) is 5.69 Å². The first kappa shape index (κ1) is 15.9. The summed E-state index contributed by atoms with van der Waals surface area (Å²) in [6.45, 7) is 7.55. The quantitative estimate of drug-likeness (QED) is 0.771. The van der Waals surface area contributed by atoms with E-state index in [0.29, 0.717) is 12.6 Å². The molecule has 1 N–H and O–H groups in total. The molecule has 0 amide bonds. The maximum Gasteiger partial charge on any atom is 0.170 e. The molecule has 1 aromatic carbocycles. The van der Waals surface area contributed by atoms with E-state index in [2.05, 4.69) is 63.0 Å². The number of benzene rings is 1. The van der Waals surface area contributed by atoms with Crippen LogP contribution in [0.5, 0.6) is 0 Å². The summed E-state index contributed by atoms with van der Waals surface area (Å²) in [7, 11) is 0. The van der Waals surface area contributed by atoms with Gasteiger partial charge in [-0.2, -0.15) is 9.78 Å². The Morgan fingerprint density at radius 2 is 2.00 bits per heavy atom. The number of tetrazole rings is 1. The topological polar surface area (TPSA) is 86.3 Å². The Morgan fingerprint density at radius 1 is 1.20 bits per heavy atom. The van der Waals surface area contributed by atoms with E-state index in [1.807, 2.05) is 16.3 Å². The highest BCUT2D eigenvalue weighted by atomic mass is 15.5. The third kappa shape index (κ3) is 3.05. The van der Waals surface area contributed by atoms with Gasteiger partial charge in [-0.15, -0.1) is 5.10 Å². The number of nitrogens with zero attached hydrogens (tertiary/aromatic N) is 7. The van der Waals surface area contributed by atoms with Gasteiger partial charge < -0.3 is 5.32 Å². The number of aryl methyl sites for hydroxylation is 4. The van der Waals surface area contributed by atoms with Gasteiger partial charge in [-0.3, -0.25) is 0 Å². The number of hydrogen-bond acceptors (Lipinski definition) is 6. The van der Waals surface area contributed by atoms with Gasteiger partial charge in [0.25, 0.3) is 0 Å². The fraction of sp³-hybridized carbons (Fsp3) is 0.471. The number of fused-ring (bicyclic) bond motifs is 1. The minimum absolute atomic E-state index is 0.344.